The van der Waals surface area contributed by atoms with Crippen LogP contribution in [0.4, 0.5) is 0 Å². The van der Waals surface area contributed by atoms with Crippen molar-refractivity contribution >= 4 is 0 Å². The van der Waals surface area contributed by atoms with E-state index in [0.717, 1.165) is 25.0 Å². The average molecular weight is 257 g/mol. The van der Waals surface area contributed by atoms with Crippen molar-refractivity contribution in [2.75, 3.05) is 6.61 Å². The zero-order chi connectivity index (χ0) is 13.2. The Labute approximate surface area is 113 Å². The third-order valence-electron chi connectivity index (χ3n) is 3.66. The lowest BCUT2D eigenvalue weighted by molar-refractivity contribution is 0.321. The van der Waals surface area contributed by atoms with E-state index in [-0.39, 0.29) is 6.04 Å². The minimum atomic E-state index is 0.208. The topological polar surface area (TPSA) is 53.1 Å². The Morgan fingerprint density at radius 3 is 3.16 bits per heavy atom. The van der Waals surface area contributed by atoms with E-state index in [1.807, 2.05) is 30.2 Å². The first-order chi connectivity index (χ1) is 9.22. The van der Waals surface area contributed by atoms with E-state index in [0.29, 0.717) is 6.61 Å². The van der Waals surface area contributed by atoms with Crippen LogP contribution in [0.25, 0.3) is 0 Å². The molecule has 0 saturated carbocycles. The first-order valence-corrected chi connectivity index (χ1v) is 6.71. The molecule has 1 aromatic heterocycles. The summed E-state index contributed by atoms with van der Waals surface area (Å²) in [5.74, 6) is 0.941. The van der Waals surface area contributed by atoms with Gasteiger partial charge >= 0.3 is 0 Å². The first kappa shape index (κ1) is 12.2. The van der Waals surface area contributed by atoms with Crippen molar-refractivity contribution < 1.29 is 4.74 Å². The van der Waals surface area contributed by atoms with E-state index in [1.165, 1.54) is 16.7 Å². The van der Waals surface area contributed by atoms with Gasteiger partial charge in [0.15, 0.2) is 0 Å². The second kappa shape index (κ2) is 5.05. The summed E-state index contributed by atoms with van der Waals surface area (Å²) in [6, 6.07) is 6.46. The van der Waals surface area contributed by atoms with E-state index in [9.17, 15) is 0 Å². The summed E-state index contributed by atoms with van der Waals surface area (Å²) in [7, 11) is 1.92. The van der Waals surface area contributed by atoms with Crippen LogP contribution < -0.4 is 10.5 Å². The van der Waals surface area contributed by atoms with E-state index in [2.05, 4.69) is 17.2 Å². The summed E-state index contributed by atoms with van der Waals surface area (Å²) in [4.78, 5) is 0. The lowest BCUT2D eigenvalue weighted by Crippen LogP contribution is -2.05. The van der Waals surface area contributed by atoms with Gasteiger partial charge in [-0.15, -0.1) is 0 Å². The Hall–Kier alpha value is -1.81. The highest BCUT2D eigenvalue weighted by Crippen LogP contribution is 2.31. The highest BCUT2D eigenvalue weighted by Gasteiger charge is 2.18. The number of ether oxygens (including phenoxy) is 1. The van der Waals surface area contributed by atoms with Gasteiger partial charge in [-0.3, -0.25) is 4.68 Å². The van der Waals surface area contributed by atoms with Crippen molar-refractivity contribution in [2.24, 2.45) is 12.8 Å². The Bertz CT molecular complexity index is 577. The van der Waals surface area contributed by atoms with Gasteiger partial charge in [-0.2, -0.15) is 5.10 Å². The molecule has 2 N–H and O–H groups in total. The smallest absolute Gasteiger partial charge is 0.119 e. The number of benzene rings is 1. The van der Waals surface area contributed by atoms with Crippen LogP contribution in [0.3, 0.4) is 0 Å². The molecule has 0 fully saturated rings. The summed E-state index contributed by atoms with van der Waals surface area (Å²) >= 11 is 0. The fourth-order valence-electron chi connectivity index (χ4n) is 2.60. The summed E-state index contributed by atoms with van der Waals surface area (Å²) in [5, 5.41) is 4.15. The molecule has 0 spiro atoms. The maximum atomic E-state index is 6.02. The van der Waals surface area contributed by atoms with Crippen LogP contribution in [-0.2, 0) is 19.9 Å². The third kappa shape index (κ3) is 2.63. The van der Waals surface area contributed by atoms with Gasteiger partial charge in [0.05, 0.1) is 12.8 Å². The monoisotopic (exact) mass is 257 g/mol. The normalized spacial score (nSPS) is 17.5. The molecule has 1 heterocycles. The predicted molar refractivity (Wildman–Crippen MR) is 74.1 cm³/mol. The first-order valence-electron chi connectivity index (χ1n) is 6.71. The van der Waals surface area contributed by atoms with Crippen LogP contribution in [0.15, 0.2) is 30.6 Å². The molecule has 1 aromatic carbocycles. The minimum absolute atomic E-state index is 0.208. The molecule has 4 heteroatoms. The molecular weight excluding hydrogens is 238 g/mol. The van der Waals surface area contributed by atoms with Crippen LogP contribution in [0.5, 0.6) is 5.75 Å². The molecule has 3 rings (SSSR count). The zero-order valence-electron chi connectivity index (χ0n) is 11.2. The van der Waals surface area contributed by atoms with E-state index >= 15 is 0 Å². The number of rotatable bonds is 4. The standard InChI is InChI=1S/C15H19N3O/c1-18-10-11(9-17-18)6-7-19-13-3-4-14-12(8-13)2-5-15(14)16/h3-4,8-10,15H,2,5-7,16H2,1H3/t15-/m1/s1. The van der Waals surface area contributed by atoms with Gasteiger partial charge < -0.3 is 10.5 Å². The molecule has 0 bridgehead atoms. The number of fused-ring (bicyclic) bond motifs is 1. The molecule has 0 saturated heterocycles. The second-order valence-electron chi connectivity index (χ2n) is 5.13. The molecule has 1 aliphatic carbocycles. The number of aromatic nitrogens is 2. The van der Waals surface area contributed by atoms with Gasteiger partial charge in [-0.25, -0.2) is 0 Å². The Morgan fingerprint density at radius 2 is 2.37 bits per heavy atom. The molecule has 1 atom stereocenters. The Balaban J connectivity index is 1.59. The predicted octanol–water partition coefficient (Wildman–Crippen LogP) is 1.99. The third-order valence-corrected chi connectivity index (χ3v) is 3.66. The summed E-state index contributed by atoms with van der Waals surface area (Å²) in [5.41, 5.74) is 9.84. The van der Waals surface area contributed by atoms with Gasteiger partial charge in [0, 0.05) is 25.7 Å². The van der Waals surface area contributed by atoms with E-state index in [4.69, 9.17) is 10.5 Å². The quantitative estimate of drug-likeness (QED) is 0.911. The van der Waals surface area contributed by atoms with Gasteiger partial charge in [0.25, 0.3) is 0 Å². The highest BCUT2D eigenvalue weighted by atomic mass is 16.5. The molecule has 0 amide bonds. The van der Waals surface area contributed by atoms with Crippen molar-refractivity contribution in [3.63, 3.8) is 0 Å². The van der Waals surface area contributed by atoms with Crippen LogP contribution in [0.1, 0.15) is 29.2 Å². The molecule has 19 heavy (non-hydrogen) atoms. The number of nitrogens with two attached hydrogens (primary N) is 1. The maximum absolute atomic E-state index is 6.02. The highest BCUT2D eigenvalue weighted by molar-refractivity contribution is 5.40. The fourth-order valence-corrected chi connectivity index (χ4v) is 2.60. The fraction of sp³-hybridized carbons (Fsp3) is 0.400. The summed E-state index contributed by atoms with van der Waals surface area (Å²) < 4.78 is 7.61. The lowest BCUT2D eigenvalue weighted by atomic mass is 10.1. The minimum Gasteiger partial charge on any atom is -0.493 e. The summed E-state index contributed by atoms with van der Waals surface area (Å²) in [6.45, 7) is 0.677. The molecule has 0 unspecified atom stereocenters. The van der Waals surface area contributed by atoms with Gasteiger partial charge in [-0.1, -0.05) is 6.07 Å². The SMILES string of the molecule is Cn1cc(CCOc2ccc3c(c2)CC[C@H]3N)cn1. The van der Waals surface area contributed by atoms with Gasteiger partial charge in [-0.05, 0) is 41.7 Å². The van der Waals surface area contributed by atoms with Crippen LogP contribution >= 0.6 is 0 Å². The van der Waals surface area contributed by atoms with Crippen molar-refractivity contribution in [3.8, 4) is 5.75 Å². The van der Waals surface area contributed by atoms with Crippen molar-refractivity contribution in [3.05, 3.63) is 47.3 Å². The summed E-state index contributed by atoms with van der Waals surface area (Å²) in [6.07, 6.45) is 6.89. The van der Waals surface area contributed by atoms with Crippen LogP contribution in [-0.4, -0.2) is 16.4 Å². The number of hydrogen-bond donors (Lipinski definition) is 1. The Kier molecular flexibility index (Phi) is 3.25. The van der Waals surface area contributed by atoms with Crippen molar-refractivity contribution in [2.45, 2.75) is 25.3 Å². The number of nitrogens with zero attached hydrogens (tertiary/aromatic N) is 2. The van der Waals surface area contributed by atoms with Crippen molar-refractivity contribution in [1.29, 1.82) is 0 Å². The molecule has 0 radical (unpaired) electrons. The molecule has 4 nitrogen and oxygen atoms in total. The second-order valence-corrected chi connectivity index (χ2v) is 5.13. The Morgan fingerprint density at radius 1 is 1.47 bits per heavy atom. The van der Waals surface area contributed by atoms with E-state index in [1.54, 1.807) is 0 Å². The van der Waals surface area contributed by atoms with Crippen LogP contribution in [0, 0.1) is 0 Å². The molecule has 1 aliphatic rings. The largest absolute Gasteiger partial charge is 0.493 e. The van der Waals surface area contributed by atoms with Crippen LogP contribution in [0.2, 0.25) is 0 Å². The number of aryl methyl sites for hydroxylation is 2. The average Bonchev–Trinajstić information content (AvgIpc) is 2.97. The van der Waals surface area contributed by atoms with Gasteiger partial charge in [0.1, 0.15) is 5.75 Å². The van der Waals surface area contributed by atoms with Gasteiger partial charge in [0.2, 0.25) is 0 Å². The number of hydrogen-bond acceptors (Lipinski definition) is 3. The molecule has 0 aliphatic heterocycles. The molecule has 100 valence electrons. The van der Waals surface area contributed by atoms with E-state index < -0.39 is 0 Å². The molecular formula is C15H19N3O. The maximum Gasteiger partial charge on any atom is 0.119 e. The van der Waals surface area contributed by atoms with Crippen molar-refractivity contribution in [1.82, 2.24) is 9.78 Å². The molecule has 2 aromatic rings. The lowest BCUT2D eigenvalue weighted by Gasteiger charge is -2.09. The zero-order valence-corrected chi connectivity index (χ0v) is 11.2.